The van der Waals surface area contributed by atoms with Gasteiger partial charge in [-0.25, -0.2) is 9.59 Å². The summed E-state index contributed by atoms with van der Waals surface area (Å²) < 4.78 is 9.83. The molecule has 0 bridgehead atoms. The molecule has 0 heterocycles. The van der Waals surface area contributed by atoms with E-state index in [1.165, 1.54) is 43.9 Å². The zero-order valence-corrected chi connectivity index (χ0v) is 16.3. The number of methoxy groups -OCH3 is 1. The largest absolute Gasteiger partial charge is 0.465 e. The van der Waals surface area contributed by atoms with Crippen LogP contribution in [0.5, 0.6) is 0 Å². The number of amides is 1. The Morgan fingerprint density at radius 2 is 1.46 bits per heavy atom. The summed E-state index contributed by atoms with van der Waals surface area (Å²) >= 11 is 0. The first-order chi connectivity index (χ1) is 13.4. The number of carbonyl (C=O) groups excluding carboxylic acids is 3. The maximum atomic E-state index is 12.3. The van der Waals surface area contributed by atoms with Gasteiger partial charge in [-0.1, -0.05) is 30.3 Å². The molecule has 1 N–H and O–H groups in total. The van der Waals surface area contributed by atoms with Gasteiger partial charge < -0.3 is 14.8 Å². The van der Waals surface area contributed by atoms with Crippen molar-refractivity contribution in [2.75, 3.05) is 7.11 Å². The molecule has 0 spiro atoms. The van der Waals surface area contributed by atoms with Crippen molar-refractivity contribution in [2.24, 2.45) is 0 Å². The van der Waals surface area contributed by atoms with Crippen LogP contribution in [0.1, 0.15) is 46.5 Å². The second-order valence-electron chi connectivity index (χ2n) is 6.55. The minimum atomic E-state index is -0.924. The van der Waals surface area contributed by atoms with Crippen molar-refractivity contribution in [3.63, 3.8) is 0 Å². The van der Waals surface area contributed by atoms with E-state index in [1.54, 1.807) is 0 Å². The van der Waals surface area contributed by atoms with E-state index >= 15 is 0 Å². The Bertz CT molecular complexity index is 801. The van der Waals surface area contributed by atoms with Crippen LogP contribution in [-0.2, 0) is 20.7 Å². The summed E-state index contributed by atoms with van der Waals surface area (Å²) in [6, 6.07) is 15.8. The van der Waals surface area contributed by atoms with Crippen molar-refractivity contribution in [2.45, 2.75) is 38.8 Å². The molecule has 2 aromatic rings. The van der Waals surface area contributed by atoms with E-state index in [9.17, 15) is 14.4 Å². The molecule has 0 aliphatic heterocycles. The maximum Gasteiger partial charge on any atom is 0.338 e. The number of esters is 2. The van der Waals surface area contributed by atoms with Crippen molar-refractivity contribution in [1.29, 1.82) is 0 Å². The Morgan fingerprint density at radius 1 is 0.893 bits per heavy atom. The minimum absolute atomic E-state index is 0.0480. The van der Waals surface area contributed by atoms with E-state index in [0.29, 0.717) is 5.56 Å². The topological polar surface area (TPSA) is 81.7 Å². The summed E-state index contributed by atoms with van der Waals surface area (Å²) in [5.41, 5.74) is 1.79. The SMILES string of the molecule is COC(=O)c1ccc(C(=O)O[C@H](C)C(=O)N[C@H](C)CCc2ccccc2)cc1. The third kappa shape index (κ3) is 6.23. The molecule has 148 valence electrons. The van der Waals surface area contributed by atoms with Crippen molar-refractivity contribution >= 4 is 17.8 Å². The highest BCUT2D eigenvalue weighted by Crippen LogP contribution is 2.09. The van der Waals surface area contributed by atoms with Gasteiger partial charge in [0.05, 0.1) is 18.2 Å². The third-order valence-corrected chi connectivity index (χ3v) is 4.29. The first kappa shape index (κ1) is 21.2. The van der Waals surface area contributed by atoms with Gasteiger partial charge in [-0.2, -0.15) is 0 Å². The van der Waals surface area contributed by atoms with Crippen molar-refractivity contribution in [3.8, 4) is 0 Å². The molecule has 2 atom stereocenters. The van der Waals surface area contributed by atoms with Gasteiger partial charge in [0.1, 0.15) is 0 Å². The van der Waals surface area contributed by atoms with Crippen LogP contribution in [0.25, 0.3) is 0 Å². The number of benzene rings is 2. The standard InChI is InChI=1S/C22H25NO5/c1-15(9-10-17-7-5-4-6-8-17)23-20(24)16(2)28-22(26)19-13-11-18(12-14-19)21(25)27-3/h4-8,11-16H,9-10H2,1-3H3,(H,23,24)/t15-,16-/m1/s1. The second-order valence-corrected chi connectivity index (χ2v) is 6.55. The first-order valence-electron chi connectivity index (χ1n) is 9.14. The van der Waals surface area contributed by atoms with Gasteiger partial charge >= 0.3 is 11.9 Å². The number of aryl methyl sites for hydroxylation is 1. The molecule has 0 saturated heterocycles. The lowest BCUT2D eigenvalue weighted by Gasteiger charge is -2.18. The van der Waals surface area contributed by atoms with Crippen molar-refractivity contribution in [3.05, 3.63) is 71.3 Å². The molecule has 2 rings (SSSR count). The normalized spacial score (nSPS) is 12.5. The van der Waals surface area contributed by atoms with E-state index in [1.807, 2.05) is 37.3 Å². The highest BCUT2D eigenvalue weighted by Gasteiger charge is 2.20. The monoisotopic (exact) mass is 383 g/mol. The van der Waals surface area contributed by atoms with Crippen LogP contribution in [0.2, 0.25) is 0 Å². The summed E-state index contributed by atoms with van der Waals surface area (Å²) in [4.78, 5) is 35.9. The molecule has 2 aromatic carbocycles. The van der Waals surface area contributed by atoms with Crippen LogP contribution in [0.4, 0.5) is 0 Å². The molecule has 0 aliphatic carbocycles. The molecule has 6 heteroatoms. The van der Waals surface area contributed by atoms with Crippen LogP contribution in [-0.4, -0.2) is 37.1 Å². The van der Waals surface area contributed by atoms with Crippen molar-refractivity contribution < 1.29 is 23.9 Å². The quantitative estimate of drug-likeness (QED) is 0.708. The molecule has 0 aromatic heterocycles. The van der Waals surface area contributed by atoms with Gasteiger partial charge in [0, 0.05) is 6.04 Å². The lowest BCUT2D eigenvalue weighted by atomic mass is 10.1. The summed E-state index contributed by atoms with van der Waals surface area (Å²) in [6.07, 6.45) is 0.709. The summed E-state index contributed by atoms with van der Waals surface area (Å²) in [6.45, 7) is 3.45. The number of hydrogen-bond acceptors (Lipinski definition) is 5. The first-order valence-corrected chi connectivity index (χ1v) is 9.14. The van der Waals surface area contributed by atoms with E-state index in [0.717, 1.165) is 12.8 Å². The molecule has 1 amide bonds. The van der Waals surface area contributed by atoms with Crippen LogP contribution < -0.4 is 5.32 Å². The number of hydrogen-bond donors (Lipinski definition) is 1. The van der Waals surface area contributed by atoms with Crippen LogP contribution in [0.15, 0.2) is 54.6 Å². The molecule has 28 heavy (non-hydrogen) atoms. The minimum Gasteiger partial charge on any atom is -0.465 e. The molecule has 6 nitrogen and oxygen atoms in total. The lowest BCUT2D eigenvalue weighted by Crippen LogP contribution is -2.41. The summed E-state index contributed by atoms with van der Waals surface area (Å²) in [5.74, 6) is -1.46. The smallest absolute Gasteiger partial charge is 0.338 e. The fraction of sp³-hybridized carbons (Fsp3) is 0.318. The fourth-order valence-corrected chi connectivity index (χ4v) is 2.60. The molecule has 0 radical (unpaired) electrons. The van der Waals surface area contributed by atoms with Gasteiger partial charge in [0.2, 0.25) is 0 Å². The summed E-state index contributed by atoms with van der Waals surface area (Å²) in [7, 11) is 1.28. The predicted octanol–water partition coefficient (Wildman–Crippen LogP) is 3.16. The zero-order valence-electron chi connectivity index (χ0n) is 16.3. The van der Waals surface area contributed by atoms with Crippen LogP contribution in [0.3, 0.4) is 0 Å². The number of carbonyl (C=O) groups is 3. The van der Waals surface area contributed by atoms with Gasteiger partial charge in [-0.05, 0) is 56.5 Å². The van der Waals surface area contributed by atoms with Crippen LogP contribution >= 0.6 is 0 Å². The zero-order chi connectivity index (χ0) is 20.5. The summed E-state index contributed by atoms with van der Waals surface area (Å²) in [5, 5.41) is 2.86. The Balaban J connectivity index is 1.82. The van der Waals surface area contributed by atoms with Gasteiger partial charge in [-0.15, -0.1) is 0 Å². The maximum absolute atomic E-state index is 12.3. The second kappa shape index (κ2) is 10.3. The van der Waals surface area contributed by atoms with Gasteiger partial charge in [0.25, 0.3) is 5.91 Å². The van der Waals surface area contributed by atoms with Crippen molar-refractivity contribution in [1.82, 2.24) is 5.32 Å². The molecule has 0 saturated carbocycles. The molecular formula is C22H25NO5. The highest BCUT2D eigenvalue weighted by atomic mass is 16.5. The lowest BCUT2D eigenvalue weighted by molar-refractivity contribution is -0.129. The molecule has 0 fully saturated rings. The molecule has 0 unspecified atom stereocenters. The fourth-order valence-electron chi connectivity index (χ4n) is 2.60. The van der Waals surface area contributed by atoms with E-state index < -0.39 is 18.0 Å². The molecule has 0 aliphatic rings. The Morgan fingerprint density at radius 3 is 2.04 bits per heavy atom. The Kier molecular flexibility index (Phi) is 7.75. The van der Waals surface area contributed by atoms with Gasteiger partial charge in [-0.3, -0.25) is 4.79 Å². The number of nitrogens with one attached hydrogen (secondary N) is 1. The Labute approximate surface area is 164 Å². The van der Waals surface area contributed by atoms with E-state index in [-0.39, 0.29) is 17.5 Å². The Hall–Kier alpha value is -3.15. The third-order valence-electron chi connectivity index (χ3n) is 4.29. The van der Waals surface area contributed by atoms with Gasteiger partial charge in [0.15, 0.2) is 6.10 Å². The highest BCUT2D eigenvalue weighted by molar-refractivity contribution is 5.94. The number of rotatable bonds is 8. The average molecular weight is 383 g/mol. The van der Waals surface area contributed by atoms with Crippen LogP contribution in [0, 0.1) is 0 Å². The predicted molar refractivity (Wildman–Crippen MR) is 105 cm³/mol. The average Bonchev–Trinajstić information content (AvgIpc) is 2.72. The van der Waals surface area contributed by atoms with E-state index in [4.69, 9.17) is 4.74 Å². The number of ether oxygens (including phenoxy) is 2. The molecular weight excluding hydrogens is 358 g/mol. The van der Waals surface area contributed by atoms with E-state index in [2.05, 4.69) is 10.1 Å².